The lowest BCUT2D eigenvalue weighted by molar-refractivity contribution is 1.18. The summed E-state index contributed by atoms with van der Waals surface area (Å²) in [6.45, 7) is 0. The highest BCUT2D eigenvalue weighted by molar-refractivity contribution is 6.04. The lowest BCUT2D eigenvalue weighted by atomic mass is 9.97. The summed E-state index contributed by atoms with van der Waals surface area (Å²) in [6, 6.07) is 76.4. The molecule has 0 spiro atoms. The van der Waals surface area contributed by atoms with E-state index in [4.69, 9.17) is 19.9 Å². The van der Waals surface area contributed by atoms with Crippen molar-refractivity contribution in [3.05, 3.63) is 218 Å². The van der Waals surface area contributed by atoms with Crippen LogP contribution in [0.25, 0.3) is 111 Å². The summed E-state index contributed by atoms with van der Waals surface area (Å²) in [5.74, 6) is 0.699. The summed E-state index contributed by atoms with van der Waals surface area (Å²) in [7, 11) is 0. The molecule has 0 N–H and O–H groups in total. The number of benzene rings is 8. The average Bonchev–Trinajstić information content (AvgIpc) is 3.34. The molecule has 0 saturated heterocycles. The maximum Gasteiger partial charge on any atom is 0.160 e. The van der Waals surface area contributed by atoms with Crippen molar-refractivity contribution in [2.24, 2.45) is 0 Å². The number of hydrogen-bond donors (Lipinski definition) is 0. The largest absolute Gasteiger partial charge is 0.245 e. The molecule has 0 aliphatic heterocycles. The fourth-order valence-electron chi connectivity index (χ4n) is 8.06. The van der Waals surface area contributed by atoms with E-state index in [0.29, 0.717) is 5.82 Å². The Morgan fingerprint density at radius 3 is 1.23 bits per heavy atom. The fraction of sp³-hybridized carbons (Fsp3) is 0. The monoisotopic (exact) mass is 764 g/mol. The Labute approximate surface area is 348 Å². The van der Waals surface area contributed by atoms with Crippen LogP contribution in [0.2, 0.25) is 0 Å². The third kappa shape index (κ3) is 6.76. The molecule has 3 heterocycles. The molecule has 8 aromatic carbocycles. The highest BCUT2D eigenvalue weighted by atomic mass is 14.9. The van der Waals surface area contributed by atoms with Gasteiger partial charge >= 0.3 is 0 Å². The Morgan fingerprint density at radius 2 is 0.583 bits per heavy atom. The quantitative estimate of drug-likeness (QED) is 0.152. The maximum absolute atomic E-state index is 5.21. The summed E-state index contributed by atoms with van der Waals surface area (Å²) in [6.07, 6.45) is 0. The number of nitrogens with zero attached hydrogens (tertiary/aromatic N) is 4. The minimum Gasteiger partial charge on any atom is -0.245 e. The van der Waals surface area contributed by atoms with Crippen LogP contribution >= 0.6 is 0 Å². The van der Waals surface area contributed by atoms with Crippen molar-refractivity contribution in [3.63, 3.8) is 0 Å². The smallest absolute Gasteiger partial charge is 0.160 e. The van der Waals surface area contributed by atoms with E-state index in [0.717, 1.165) is 94.3 Å². The van der Waals surface area contributed by atoms with Crippen LogP contribution in [0, 0.1) is 0 Å². The predicted octanol–water partition coefficient (Wildman–Crippen LogP) is 14.4. The van der Waals surface area contributed by atoms with Crippen molar-refractivity contribution < 1.29 is 0 Å². The molecule has 0 fully saturated rings. The molecule has 280 valence electrons. The average molecular weight is 765 g/mol. The second-order valence-electron chi connectivity index (χ2n) is 15.1. The van der Waals surface area contributed by atoms with E-state index in [2.05, 4.69) is 176 Å². The number of rotatable bonds is 7. The molecule has 0 bridgehead atoms. The van der Waals surface area contributed by atoms with Crippen molar-refractivity contribution in [3.8, 4) is 78.7 Å². The minimum absolute atomic E-state index is 0.699. The number of aromatic nitrogens is 4. The third-order valence-electron chi connectivity index (χ3n) is 11.3. The van der Waals surface area contributed by atoms with E-state index in [9.17, 15) is 0 Å². The minimum atomic E-state index is 0.699. The van der Waals surface area contributed by atoms with E-state index in [1.807, 2.05) is 42.5 Å². The molecule has 0 saturated carbocycles. The van der Waals surface area contributed by atoms with Crippen LogP contribution in [0.4, 0.5) is 0 Å². The Bertz CT molecular complexity index is 3350. The van der Waals surface area contributed by atoms with Crippen LogP contribution in [0.15, 0.2) is 218 Å². The van der Waals surface area contributed by atoms with Crippen molar-refractivity contribution in [2.45, 2.75) is 0 Å². The van der Waals surface area contributed by atoms with Gasteiger partial charge in [0.15, 0.2) is 5.82 Å². The molecule has 0 radical (unpaired) electrons. The summed E-state index contributed by atoms with van der Waals surface area (Å²) >= 11 is 0. The first-order chi connectivity index (χ1) is 29.7. The molecular formula is C56H36N4. The topological polar surface area (TPSA) is 51.6 Å². The lowest BCUT2D eigenvalue weighted by Gasteiger charge is -2.12. The van der Waals surface area contributed by atoms with Gasteiger partial charge in [0.2, 0.25) is 0 Å². The van der Waals surface area contributed by atoms with E-state index >= 15 is 0 Å². The van der Waals surface area contributed by atoms with Gasteiger partial charge in [0.1, 0.15) is 0 Å². The van der Waals surface area contributed by atoms with Crippen molar-refractivity contribution >= 4 is 32.6 Å². The molecule has 3 aromatic heterocycles. The van der Waals surface area contributed by atoms with Gasteiger partial charge in [-0.2, -0.15) is 0 Å². The first-order valence-corrected chi connectivity index (χ1v) is 20.2. The SMILES string of the molecule is c1ccc(-c2ccc(-c3cc(-c4cccc(-c5ccc6cc(-c7ccc8ccc9ccc(-c%10ccccc%10)nc9c8n7)ccc6c5)c4)nc(-c4ccccc4)n3)cc2)cc1. The summed E-state index contributed by atoms with van der Waals surface area (Å²) in [5, 5.41) is 4.47. The predicted molar refractivity (Wildman–Crippen MR) is 248 cm³/mol. The van der Waals surface area contributed by atoms with Crippen LogP contribution in [-0.2, 0) is 0 Å². The maximum atomic E-state index is 5.21. The second-order valence-corrected chi connectivity index (χ2v) is 15.1. The van der Waals surface area contributed by atoms with Gasteiger partial charge in [0, 0.05) is 38.6 Å². The van der Waals surface area contributed by atoms with Gasteiger partial charge in [-0.3, -0.25) is 0 Å². The van der Waals surface area contributed by atoms with Gasteiger partial charge in [0.25, 0.3) is 0 Å². The first-order valence-electron chi connectivity index (χ1n) is 20.2. The van der Waals surface area contributed by atoms with Crippen LogP contribution in [0.5, 0.6) is 0 Å². The molecule has 0 amide bonds. The van der Waals surface area contributed by atoms with Gasteiger partial charge in [-0.1, -0.05) is 182 Å². The van der Waals surface area contributed by atoms with E-state index in [-0.39, 0.29) is 0 Å². The third-order valence-corrected chi connectivity index (χ3v) is 11.3. The second kappa shape index (κ2) is 15.0. The highest BCUT2D eigenvalue weighted by Crippen LogP contribution is 2.34. The molecule has 11 aromatic rings. The summed E-state index contributed by atoms with van der Waals surface area (Å²) in [5.41, 5.74) is 15.3. The first kappa shape index (κ1) is 35.1. The van der Waals surface area contributed by atoms with Crippen molar-refractivity contribution in [2.75, 3.05) is 0 Å². The van der Waals surface area contributed by atoms with Crippen molar-refractivity contribution in [1.82, 2.24) is 19.9 Å². The number of fused-ring (bicyclic) bond motifs is 4. The molecular weight excluding hydrogens is 729 g/mol. The van der Waals surface area contributed by atoms with Gasteiger partial charge < -0.3 is 0 Å². The zero-order chi connectivity index (χ0) is 39.8. The van der Waals surface area contributed by atoms with Crippen LogP contribution < -0.4 is 0 Å². The van der Waals surface area contributed by atoms with Gasteiger partial charge in [0.05, 0.1) is 33.8 Å². The standard InChI is InChI=1S/C56H36N4/c1-4-11-37(12-5-1)38-19-21-40(22-20-38)52-36-53(60-56(59-52)43-15-8-3-9-16-43)48-18-10-17-44(34-48)45-25-26-47-35-49(28-27-46(47)33-45)51-32-30-42-24-23-41-29-31-50(39-13-6-2-7-14-39)57-54(41)55(42)58-51/h1-36H. The van der Waals surface area contributed by atoms with Crippen molar-refractivity contribution in [1.29, 1.82) is 0 Å². The van der Waals surface area contributed by atoms with Crippen LogP contribution in [0.3, 0.4) is 0 Å². The lowest BCUT2D eigenvalue weighted by Crippen LogP contribution is -1.96. The van der Waals surface area contributed by atoms with Crippen LogP contribution in [-0.4, -0.2) is 19.9 Å². The Morgan fingerprint density at radius 1 is 0.200 bits per heavy atom. The molecule has 4 nitrogen and oxygen atoms in total. The molecule has 0 aliphatic rings. The Kier molecular flexibility index (Phi) is 8.79. The summed E-state index contributed by atoms with van der Waals surface area (Å²) < 4.78 is 0. The van der Waals surface area contributed by atoms with Gasteiger partial charge in [-0.05, 0) is 69.4 Å². The molecule has 0 aliphatic carbocycles. The van der Waals surface area contributed by atoms with Gasteiger partial charge in [-0.25, -0.2) is 19.9 Å². The Hall–Kier alpha value is -8.08. The molecule has 0 unspecified atom stereocenters. The molecule has 0 atom stereocenters. The fourth-order valence-corrected chi connectivity index (χ4v) is 8.06. The van der Waals surface area contributed by atoms with Gasteiger partial charge in [-0.15, -0.1) is 0 Å². The van der Waals surface area contributed by atoms with Crippen LogP contribution in [0.1, 0.15) is 0 Å². The number of hydrogen-bond acceptors (Lipinski definition) is 4. The van der Waals surface area contributed by atoms with E-state index in [1.165, 1.54) is 11.1 Å². The normalized spacial score (nSPS) is 11.3. The number of pyridine rings is 2. The molecule has 11 rings (SSSR count). The molecule has 4 heteroatoms. The zero-order valence-corrected chi connectivity index (χ0v) is 32.6. The Balaban J connectivity index is 0.925. The van der Waals surface area contributed by atoms with E-state index < -0.39 is 0 Å². The summed E-state index contributed by atoms with van der Waals surface area (Å²) in [4.78, 5) is 20.5. The molecule has 60 heavy (non-hydrogen) atoms. The zero-order valence-electron chi connectivity index (χ0n) is 32.6. The highest BCUT2D eigenvalue weighted by Gasteiger charge is 2.14. The van der Waals surface area contributed by atoms with E-state index in [1.54, 1.807) is 0 Å².